The molecule has 1 radical (unpaired) electrons. The van der Waals surface area contributed by atoms with Crippen LogP contribution in [0.2, 0.25) is 0 Å². The van der Waals surface area contributed by atoms with Gasteiger partial charge in [-0.3, -0.25) is 0 Å². The van der Waals surface area contributed by atoms with Crippen molar-refractivity contribution >= 4 is 15.9 Å². The van der Waals surface area contributed by atoms with E-state index >= 15 is 0 Å². The third-order valence-corrected chi connectivity index (χ3v) is 1.60. The normalized spacial score (nSPS) is 19.1. The molecule has 0 amide bonds. The fourth-order valence-corrected chi connectivity index (χ4v) is 0.616. The monoisotopic (exact) mass is 161 g/mol. The summed E-state index contributed by atoms with van der Waals surface area (Å²) in [7, 11) is 1.96. The molecule has 0 atom stereocenters. The highest BCUT2D eigenvalue weighted by Gasteiger charge is 2.04. The van der Waals surface area contributed by atoms with Crippen molar-refractivity contribution < 1.29 is 0 Å². The first-order valence-corrected chi connectivity index (χ1v) is 2.78. The van der Waals surface area contributed by atoms with E-state index in [1.807, 2.05) is 24.8 Å². The molecule has 0 spiro atoms. The van der Waals surface area contributed by atoms with Gasteiger partial charge in [-0.15, -0.1) is 0 Å². The van der Waals surface area contributed by atoms with Crippen LogP contribution in [-0.4, -0.2) is 11.9 Å². The molecule has 1 N–H and O–H groups in total. The number of nitrogens with zero attached hydrogens (tertiary/aromatic N) is 1. The zero-order valence-electron chi connectivity index (χ0n) is 3.98. The van der Waals surface area contributed by atoms with Gasteiger partial charge in [-0.1, -0.05) is 0 Å². The lowest BCUT2D eigenvalue weighted by atomic mass is 10.9. The molecule has 1 rings (SSSR count). The molecule has 0 saturated carbocycles. The van der Waals surface area contributed by atoms with Crippen LogP contribution in [0.25, 0.3) is 0 Å². The van der Waals surface area contributed by atoms with E-state index < -0.39 is 0 Å². The molecule has 3 heteroatoms. The first-order chi connectivity index (χ1) is 3.30. The Bertz CT molecular complexity index is 99.9. The molecule has 1 heterocycles. The molecule has 39 valence electrons. The van der Waals surface area contributed by atoms with Gasteiger partial charge >= 0.3 is 0 Å². The molecule has 7 heavy (non-hydrogen) atoms. The van der Waals surface area contributed by atoms with Crippen LogP contribution in [0.3, 0.4) is 0 Å². The van der Waals surface area contributed by atoms with Gasteiger partial charge in [0.15, 0.2) is 0 Å². The highest BCUT2D eigenvalue weighted by Crippen LogP contribution is 2.13. The molecule has 0 aromatic rings. The molecular weight excluding hydrogens is 156 g/mol. The quantitative estimate of drug-likeness (QED) is 0.530. The molecule has 0 unspecified atom stereocenters. The molecule has 0 aromatic carbocycles. The maximum atomic E-state index is 3.30. The first-order valence-electron chi connectivity index (χ1n) is 1.98. The topological polar surface area (TPSA) is 15.3 Å². The Morgan fingerprint density at radius 2 is 2.57 bits per heavy atom. The first kappa shape index (κ1) is 4.97. The number of rotatable bonds is 0. The van der Waals surface area contributed by atoms with Crippen molar-refractivity contribution in [2.24, 2.45) is 0 Å². The van der Waals surface area contributed by atoms with Gasteiger partial charge in [0.25, 0.3) is 0 Å². The molecule has 1 aliphatic heterocycles. The minimum Gasteiger partial charge on any atom is -0.366 e. The fraction of sp³-hybridized carbons (Fsp3) is 0.250. The van der Waals surface area contributed by atoms with Crippen LogP contribution < -0.4 is 5.32 Å². The third-order valence-electron chi connectivity index (χ3n) is 0.808. The van der Waals surface area contributed by atoms with E-state index in [1.54, 1.807) is 0 Å². The summed E-state index contributed by atoms with van der Waals surface area (Å²) in [5, 5.41) is 2.91. The number of halogens is 1. The predicted molar refractivity (Wildman–Crippen MR) is 32.2 cm³/mol. The van der Waals surface area contributed by atoms with E-state index in [0.717, 1.165) is 4.61 Å². The summed E-state index contributed by atoms with van der Waals surface area (Å²) in [5.74, 6) is 0. The predicted octanol–water partition coefficient (Wildman–Crippen LogP) is 0.834. The molecule has 0 fully saturated rings. The average molecular weight is 162 g/mol. The van der Waals surface area contributed by atoms with Crippen LogP contribution in [0, 0.1) is 6.67 Å². The van der Waals surface area contributed by atoms with E-state index in [0.29, 0.717) is 0 Å². The van der Waals surface area contributed by atoms with Crippen molar-refractivity contribution in [3.63, 3.8) is 0 Å². The summed E-state index contributed by atoms with van der Waals surface area (Å²) in [4.78, 5) is 1.94. The lowest BCUT2D eigenvalue weighted by Gasteiger charge is -2.06. The van der Waals surface area contributed by atoms with Crippen molar-refractivity contribution in [2.45, 2.75) is 0 Å². The van der Waals surface area contributed by atoms with E-state index in [1.165, 1.54) is 0 Å². The Balaban J connectivity index is 2.54. The highest BCUT2D eigenvalue weighted by molar-refractivity contribution is 9.11. The van der Waals surface area contributed by atoms with E-state index in [-0.39, 0.29) is 0 Å². The van der Waals surface area contributed by atoms with Gasteiger partial charge in [-0.2, -0.15) is 0 Å². The van der Waals surface area contributed by atoms with E-state index in [9.17, 15) is 0 Å². The van der Waals surface area contributed by atoms with Crippen molar-refractivity contribution in [1.82, 2.24) is 10.2 Å². The molecule has 0 saturated heterocycles. The van der Waals surface area contributed by atoms with Gasteiger partial charge in [0.05, 0.1) is 4.61 Å². The maximum absolute atomic E-state index is 3.30. The van der Waals surface area contributed by atoms with Crippen LogP contribution in [0.5, 0.6) is 0 Å². The van der Waals surface area contributed by atoms with Crippen molar-refractivity contribution in [1.29, 1.82) is 0 Å². The van der Waals surface area contributed by atoms with Crippen LogP contribution in [-0.2, 0) is 0 Å². The number of hydrogen-bond acceptors (Lipinski definition) is 2. The van der Waals surface area contributed by atoms with Crippen molar-refractivity contribution in [3.8, 4) is 0 Å². The Morgan fingerprint density at radius 3 is 2.71 bits per heavy atom. The standard InChI is InChI=1S/C4H6BrN2/c1-7-3-6-2-4(7)5/h2-3,6H,1H3. The molecule has 0 bridgehead atoms. The second kappa shape index (κ2) is 1.74. The van der Waals surface area contributed by atoms with Crippen LogP contribution in [0.15, 0.2) is 10.8 Å². The van der Waals surface area contributed by atoms with Crippen molar-refractivity contribution in [2.75, 3.05) is 7.05 Å². The van der Waals surface area contributed by atoms with E-state index in [4.69, 9.17) is 0 Å². The summed E-state index contributed by atoms with van der Waals surface area (Å²) >= 11 is 3.30. The summed E-state index contributed by atoms with van der Waals surface area (Å²) in [6.45, 7) is 1.87. The maximum Gasteiger partial charge on any atom is 0.139 e. The van der Waals surface area contributed by atoms with E-state index in [2.05, 4.69) is 21.2 Å². The molecule has 0 aliphatic carbocycles. The number of hydrogen-bond donors (Lipinski definition) is 1. The highest BCUT2D eigenvalue weighted by atomic mass is 79.9. The summed E-state index contributed by atoms with van der Waals surface area (Å²) in [5.41, 5.74) is 0. The van der Waals surface area contributed by atoms with Crippen LogP contribution in [0.1, 0.15) is 0 Å². The summed E-state index contributed by atoms with van der Waals surface area (Å²) in [6, 6.07) is 0. The van der Waals surface area contributed by atoms with Gasteiger partial charge in [0.2, 0.25) is 0 Å². The lowest BCUT2D eigenvalue weighted by molar-refractivity contribution is 0.551. The van der Waals surface area contributed by atoms with Gasteiger partial charge in [0.1, 0.15) is 6.67 Å². The second-order valence-electron chi connectivity index (χ2n) is 1.37. The smallest absolute Gasteiger partial charge is 0.139 e. The lowest BCUT2D eigenvalue weighted by Crippen LogP contribution is -2.09. The van der Waals surface area contributed by atoms with Crippen LogP contribution >= 0.6 is 15.9 Å². The summed E-state index contributed by atoms with van der Waals surface area (Å²) < 4.78 is 1.06. The van der Waals surface area contributed by atoms with Gasteiger partial charge < -0.3 is 10.2 Å². The fourth-order valence-electron chi connectivity index (χ4n) is 0.381. The summed E-state index contributed by atoms with van der Waals surface area (Å²) in [6.07, 6.45) is 1.88. The Kier molecular flexibility index (Phi) is 1.23. The van der Waals surface area contributed by atoms with Gasteiger partial charge in [0, 0.05) is 13.2 Å². The zero-order valence-corrected chi connectivity index (χ0v) is 5.57. The van der Waals surface area contributed by atoms with Gasteiger partial charge in [-0.05, 0) is 15.9 Å². The molecule has 2 nitrogen and oxygen atoms in total. The average Bonchev–Trinajstić information content (AvgIpc) is 1.91. The molecule has 1 aliphatic rings. The Hall–Kier alpha value is -0.180. The number of nitrogens with one attached hydrogen (secondary N) is 1. The Labute approximate surface area is 51.3 Å². The van der Waals surface area contributed by atoms with Crippen molar-refractivity contribution in [3.05, 3.63) is 17.5 Å². The van der Waals surface area contributed by atoms with Crippen LogP contribution in [0.4, 0.5) is 0 Å². The molecule has 0 aromatic heterocycles. The zero-order chi connectivity index (χ0) is 5.28. The minimum absolute atomic E-state index is 1.06. The molecular formula is C4H6BrN2. The SMILES string of the molecule is CN1[CH]NC=C1Br. The largest absolute Gasteiger partial charge is 0.366 e. The Morgan fingerprint density at radius 1 is 1.86 bits per heavy atom. The minimum atomic E-state index is 1.06. The van der Waals surface area contributed by atoms with Gasteiger partial charge in [-0.25, -0.2) is 0 Å². The second-order valence-corrected chi connectivity index (χ2v) is 2.19. The third kappa shape index (κ3) is 0.881.